The molecule has 0 aliphatic rings. The fraction of sp³-hybridized carbons (Fsp3) is 0. The monoisotopic (exact) mass is 166 g/mol. The molecule has 0 amide bonds. The number of hydrogen-bond donors (Lipinski definition) is 1. The Labute approximate surface area is 69.2 Å². The van der Waals surface area contributed by atoms with Gasteiger partial charge in [0.15, 0.2) is 5.82 Å². The van der Waals surface area contributed by atoms with E-state index in [0.29, 0.717) is 5.82 Å². The molecule has 0 unspecified atom stereocenters. The average Bonchev–Trinajstić information content (AvgIpc) is 2.03. The van der Waals surface area contributed by atoms with E-state index >= 15 is 0 Å². The van der Waals surface area contributed by atoms with Gasteiger partial charge in [0.2, 0.25) is 5.11 Å². The van der Waals surface area contributed by atoms with Gasteiger partial charge in [0.25, 0.3) is 0 Å². The maximum Gasteiger partial charge on any atom is 0.211 e. The summed E-state index contributed by atoms with van der Waals surface area (Å²) in [6.45, 7) is 0. The van der Waals surface area contributed by atoms with Gasteiger partial charge in [0.05, 0.1) is 0 Å². The number of hydrogen-bond acceptors (Lipinski definition) is 3. The summed E-state index contributed by atoms with van der Waals surface area (Å²) < 4.78 is 0. The Hall–Kier alpha value is -1.36. The fourth-order valence-electron chi connectivity index (χ4n) is 0.513. The third-order valence-corrected chi connectivity index (χ3v) is 0.982. The molecule has 0 aromatic carbocycles. The molecule has 1 heterocycles. The molecule has 1 aromatic rings. The highest BCUT2D eigenvalue weighted by molar-refractivity contribution is 7.80. The van der Waals surface area contributed by atoms with Crippen molar-refractivity contribution in [1.29, 1.82) is 0 Å². The van der Waals surface area contributed by atoms with Crippen LogP contribution in [0.5, 0.6) is 0 Å². The predicted octanol–water partition coefficient (Wildman–Crippen LogP) is 1.41. The molecule has 0 bridgehead atoms. The van der Waals surface area contributed by atoms with Gasteiger partial charge in [-0.15, -0.1) is 10.2 Å². The highest BCUT2D eigenvalue weighted by atomic mass is 32.1. The summed E-state index contributed by atoms with van der Waals surface area (Å²) in [5.74, 6) is 0.500. The van der Waals surface area contributed by atoms with E-state index < -0.39 is 0 Å². The summed E-state index contributed by atoms with van der Waals surface area (Å²) in [5, 5.41) is 7.13. The zero-order valence-corrected chi connectivity index (χ0v) is 6.45. The Bertz CT molecular complexity index is 269. The van der Waals surface area contributed by atoms with E-state index in [4.69, 9.17) is 5.73 Å². The van der Waals surface area contributed by atoms with Crippen molar-refractivity contribution in [2.75, 3.05) is 0 Å². The molecule has 2 N–H and O–H groups in total. The predicted molar refractivity (Wildman–Crippen MR) is 45.5 cm³/mol. The summed E-state index contributed by atoms with van der Waals surface area (Å²) in [4.78, 5) is 3.88. The van der Waals surface area contributed by atoms with Crippen LogP contribution >= 0.6 is 12.2 Å². The van der Waals surface area contributed by atoms with Crippen molar-refractivity contribution in [3.8, 4) is 0 Å². The Balaban J connectivity index is 2.72. The van der Waals surface area contributed by atoms with Crippen molar-refractivity contribution in [2.45, 2.75) is 0 Å². The molecule has 0 fully saturated rings. The van der Waals surface area contributed by atoms with E-state index in [-0.39, 0.29) is 5.11 Å². The SMILES string of the molecule is NC(=S)/N=N/c1ccccn1. The molecule has 4 nitrogen and oxygen atoms in total. The van der Waals surface area contributed by atoms with Crippen molar-refractivity contribution in [2.24, 2.45) is 16.0 Å². The zero-order chi connectivity index (χ0) is 8.10. The number of azo groups is 1. The lowest BCUT2D eigenvalue weighted by molar-refractivity contribution is 1.18. The largest absolute Gasteiger partial charge is 0.373 e. The highest BCUT2D eigenvalue weighted by Gasteiger charge is 1.85. The van der Waals surface area contributed by atoms with Gasteiger partial charge in [0.1, 0.15) is 0 Å². The van der Waals surface area contributed by atoms with E-state index in [9.17, 15) is 0 Å². The molecule has 0 saturated heterocycles. The summed E-state index contributed by atoms with van der Waals surface area (Å²) in [6.07, 6.45) is 1.62. The summed E-state index contributed by atoms with van der Waals surface area (Å²) in [7, 11) is 0. The normalized spacial score (nSPS) is 10.2. The van der Waals surface area contributed by atoms with Crippen LogP contribution in [-0.2, 0) is 0 Å². The fourth-order valence-corrected chi connectivity index (χ4v) is 0.554. The van der Waals surface area contributed by atoms with Gasteiger partial charge >= 0.3 is 0 Å². The Morgan fingerprint density at radius 3 is 2.91 bits per heavy atom. The molecule has 0 saturated carbocycles. The van der Waals surface area contributed by atoms with Crippen molar-refractivity contribution in [1.82, 2.24) is 4.98 Å². The molecule has 5 heteroatoms. The van der Waals surface area contributed by atoms with E-state index in [1.807, 2.05) is 0 Å². The first-order valence-electron chi connectivity index (χ1n) is 2.91. The van der Waals surface area contributed by atoms with Crippen molar-refractivity contribution in [3.63, 3.8) is 0 Å². The van der Waals surface area contributed by atoms with Gasteiger partial charge < -0.3 is 5.73 Å². The number of nitrogens with two attached hydrogens (primary N) is 1. The van der Waals surface area contributed by atoms with E-state index in [1.54, 1.807) is 24.4 Å². The van der Waals surface area contributed by atoms with Gasteiger partial charge in [-0.25, -0.2) is 4.98 Å². The standard InChI is InChI=1S/C6H6N4S/c7-6(11)10-9-5-3-1-2-4-8-5/h1-4H,(H2,7,11)/b10-9+. The molecular formula is C6H6N4S. The quantitative estimate of drug-likeness (QED) is 0.506. The molecule has 1 aromatic heterocycles. The summed E-state index contributed by atoms with van der Waals surface area (Å²) in [6, 6.07) is 5.31. The van der Waals surface area contributed by atoms with E-state index in [1.165, 1.54) is 0 Å². The highest BCUT2D eigenvalue weighted by Crippen LogP contribution is 2.04. The molecule has 1 rings (SSSR count). The minimum atomic E-state index is 0.00986. The number of nitrogens with zero attached hydrogens (tertiary/aromatic N) is 3. The first-order valence-corrected chi connectivity index (χ1v) is 3.32. The molecule has 0 aliphatic carbocycles. The second-order valence-corrected chi connectivity index (χ2v) is 2.14. The maximum atomic E-state index is 5.08. The van der Waals surface area contributed by atoms with Crippen LogP contribution in [0.4, 0.5) is 5.82 Å². The van der Waals surface area contributed by atoms with Crippen molar-refractivity contribution < 1.29 is 0 Å². The molecule has 0 aliphatic heterocycles. The van der Waals surface area contributed by atoms with Gasteiger partial charge in [-0.05, 0) is 24.4 Å². The number of aromatic nitrogens is 1. The van der Waals surface area contributed by atoms with Gasteiger partial charge in [-0.2, -0.15) is 0 Å². The molecular weight excluding hydrogens is 160 g/mol. The zero-order valence-electron chi connectivity index (χ0n) is 5.64. The summed E-state index contributed by atoms with van der Waals surface area (Å²) in [5.41, 5.74) is 5.08. The van der Waals surface area contributed by atoms with Crippen LogP contribution in [0.1, 0.15) is 0 Å². The van der Waals surface area contributed by atoms with E-state index in [0.717, 1.165) is 0 Å². The Morgan fingerprint density at radius 1 is 1.55 bits per heavy atom. The number of thiocarbonyl (C=S) groups is 1. The minimum absolute atomic E-state index is 0.00986. The van der Waals surface area contributed by atoms with Crippen LogP contribution in [0, 0.1) is 0 Å². The second-order valence-electron chi connectivity index (χ2n) is 1.73. The number of rotatable bonds is 1. The first kappa shape index (κ1) is 7.74. The lowest BCUT2D eigenvalue weighted by Crippen LogP contribution is -2.01. The first-order chi connectivity index (χ1) is 5.29. The smallest absolute Gasteiger partial charge is 0.211 e. The van der Waals surface area contributed by atoms with Crippen molar-refractivity contribution in [3.05, 3.63) is 24.4 Å². The van der Waals surface area contributed by atoms with Crippen LogP contribution < -0.4 is 5.73 Å². The molecule has 0 spiro atoms. The molecule has 56 valence electrons. The molecule has 0 radical (unpaired) electrons. The lowest BCUT2D eigenvalue weighted by atomic mass is 10.5. The third kappa shape index (κ3) is 2.81. The van der Waals surface area contributed by atoms with E-state index in [2.05, 4.69) is 27.4 Å². The van der Waals surface area contributed by atoms with Gasteiger partial charge in [0, 0.05) is 6.20 Å². The topological polar surface area (TPSA) is 63.6 Å². The van der Waals surface area contributed by atoms with Crippen molar-refractivity contribution >= 4 is 23.1 Å². The van der Waals surface area contributed by atoms with Gasteiger partial charge in [-0.1, -0.05) is 6.07 Å². The van der Waals surface area contributed by atoms with Gasteiger partial charge in [-0.3, -0.25) is 0 Å². The number of pyridine rings is 1. The Morgan fingerprint density at radius 2 is 2.36 bits per heavy atom. The maximum absolute atomic E-state index is 5.08. The third-order valence-electron chi connectivity index (χ3n) is 0.900. The lowest BCUT2D eigenvalue weighted by Gasteiger charge is -1.86. The van der Waals surface area contributed by atoms with Crippen LogP contribution in [-0.4, -0.2) is 10.1 Å². The minimum Gasteiger partial charge on any atom is -0.373 e. The Kier molecular flexibility index (Phi) is 2.62. The summed E-state index contributed by atoms with van der Waals surface area (Å²) >= 11 is 4.48. The molecule has 0 atom stereocenters. The average molecular weight is 166 g/mol. The van der Waals surface area contributed by atoms with Crippen LogP contribution in [0.15, 0.2) is 34.6 Å². The van der Waals surface area contributed by atoms with Crippen LogP contribution in [0.2, 0.25) is 0 Å². The second kappa shape index (κ2) is 3.72. The molecule has 11 heavy (non-hydrogen) atoms. The van der Waals surface area contributed by atoms with Crippen LogP contribution in [0.25, 0.3) is 0 Å². The van der Waals surface area contributed by atoms with Crippen LogP contribution in [0.3, 0.4) is 0 Å².